The van der Waals surface area contributed by atoms with Crippen molar-refractivity contribution < 1.29 is 18.3 Å². The molecule has 1 aliphatic heterocycles. The van der Waals surface area contributed by atoms with Crippen molar-refractivity contribution in [2.75, 3.05) is 33.4 Å². The lowest BCUT2D eigenvalue weighted by Crippen LogP contribution is -2.45. The maximum Gasteiger partial charge on any atom is 0.272 e. The van der Waals surface area contributed by atoms with Gasteiger partial charge in [0.1, 0.15) is 18.1 Å². The van der Waals surface area contributed by atoms with Crippen molar-refractivity contribution in [1.29, 1.82) is 0 Å². The smallest absolute Gasteiger partial charge is 0.272 e. The third-order valence-electron chi connectivity index (χ3n) is 4.54. The van der Waals surface area contributed by atoms with Gasteiger partial charge in [0.05, 0.1) is 13.2 Å². The molecule has 0 bridgehead atoms. The molecule has 2 aromatic carbocycles. The Hall–Kier alpha value is -2.18. The van der Waals surface area contributed by atoms with Gasteiger partial charge in [-0.15, -0.1) is 0 Å². The molecule has 0 aromatic heterocycles. The number of methoxy groups -OCH3 is 1. The number of halogens is 2. The number of nitrogens with one attached hydrogen (secondary N) is 1. The second-order valence-corrected chi connectivity index (χ2v) is 6.28. The molecule has 0 spiro atoms. The van der Waals surface area contributed by atoms with Crippen LogP contribution in [0.4, 0.5) is 8.78 Å². The van der Waals surface area contributed by atoms with Gasteiger partial charge in [0, 0.05) is 31.7 Å². The monoisotopic (exact) mass is 362 g/mol. The van der Waals surface area contributed by atoms with Gasteiger partial charge in [-0.3, -0.25) is 4.90 Å². The molecule has 4 nitrogen and oxygen atoms in total. The van der Waals surface area contributed by atoms with E-state index in [9.17, 15) is 8.78 Å². The van der Waals surface area contributed by atoms with Crippen molar-refractivity contribution in [3.63, 3.8) is 0 Å². The fourth-order valence-electron chi connectivity index (χ4n) is 3.27. The first-order chi connectivity index (χ1) is 12.7. The molecule has 1 aliphatic rings. The molecule has 140 valence electrons. The Bertz CT molecular complexity index is 694. The minimum absolute atomic E-state index is 0.217. The molecule has 3 rings (SSSR count). The Balaban J connectivity index is 1.70. The minimum Gasteiger partial charge on any atom is -0.496 e. The standard InChI is InChI=1S/C20H24F2N2O2/c1-25-19-5-3-2-4-17(19)18-12-23-10-11-24(18)13-15-6-8-16(9-7-15)26-14-20(21)22/h2-9,18,20,23H,10-14H2,1H3. The van der Waals surface area contributed by atoms with E-state index in [2.05, 4.69) is 16.3 Å². The molecule has 0 radical (unpaired) electrons. The highest BCUT2D eigenvalue weighted by molar-refractivity contribution is 5.36. The van der Waals surface area contributed by atoms with Crippen LogP contribution in [0, 0.1) is 0 Å². The van der Waals surface area contributed by atoms with Crippen LogP contribution in [0.5, 0.6) is 11.5 Å². The first-order valence-corrected chi connectivity index (χ1v) is 8.75. The van der Waals surface area contributed by atoms with Gasteiger partial charge in [-0.05, 0) is 23.8 Å². The van der Waals surface area contributed by atoms with Crippen LogP contribution in [0.2, 0.25) is 0 Å². The highest BCUT2D eigenvalue weighted by Crippen LogP contribution is 2.31. The van der Waals surface area contributed by atoms with Crippen LogP contribution in [0.1, 0.15) is 17.2 Å². The Morgan fingerprint density at radius 1 is 1.15 bits per heavy atom. The van der Waals surface area contributed by atoms with E-state index >= 15 is 0 Å². The van der Waals surface area contributed by atoms with Crippen LogP contribution in [-0.2, 0) is 6.54 Å². The highest BCUT2D eigenvalue weighted by Gasteiger charge is 2.26. The number of nitrogens with zero attached hydrogens (tertiary/aromatic N) is 1. The average molecular weight is 362 g/mol. The SMILES string of the molecule is COc1ccccc1C1CNCCN1Cc1ccc(OCC(F)F)cc1. The molecule has 1 fully saturated rings. The summed E-state index contributed by atoms with van der Waals surface area (Å²) in [5.41, 5.74) is 2.29. The maximum atomic E-state index is 12.2. The summed E-state index contributed by atoms with van der Waals surface area (Å²) in [5.74, 6) is 1.36. The summed E-state index contributed by atoms with van der Waals surface area (Å²) >= 11 is 0. The number of hydrogen-bond acceptors (Lipinski definition) is 4. The number of rotatable bonds is 7. The van der Waals surface area contributed by atoms with E-state index in [-0.39, 0.29) is 6.04 Å². The molecule has 26 heavy (non-hydrogen) atoms. The van der Waals surface area contributed by atoms with Gasteiger partial charge in [0.15, 0.2) is 0 Å². The summed E-state index contributed by atoms with van der Waals surface area (Å²) in [6.07, 6.45) is -2.46. The average Bonchev–Trinajstić information content (AvgIpc) is 2.68. The van der Waals surface area contributed by atoms with Gasteiger partial charge < -0.3 is 14.8 Å². The third kappa shape index (κ3) is 4.71. The second-order valence-electron chi connectivity index (χ2n) is 6.28. The number of para-hydroxylation sites is 1. The van der Waals surface area contributed by atoms with Crippen molar-refractivity contribution in [3.05, 3.63) is 59.7 Å². The summed E-state index contributed by atoms with van der Waals surface area (Å²) in [4.78, 5) is 2.41. The number of benzene rings is 2. The second kappa shape index (κ2) is 8.96. The molecule has 1 heterocycles. The molecule has 1 N–H and O–H groups in total. The van der Waals surface area contributed by atoms with Crippen molar-refractivity contribution in [2.24, 2.45) is 0 Å². The Kier molecular flexibility index (Phi) is 6.41. The zero-order valence-corrected chi connectivity index (χ0v) is 14.8. The van der Waals surface area contributed by atoms with Crippen LogP contribution < -0.4 is 14.8 Å². The number of alkyl halides is 2. The van der Waals surface area contributed by atoms with E-state index in [1.165, 1.54) is 5.56 Å². The fourth-order valence-corrected chi connectivity index (χ4v) is 3.27. The summed E-state index contributed by atoms with van der Waals surface area (Å²) in [7, 11) is 1.69. The van der Waals surface area contributed by atoms with Crippen LogP contribution in [-0.4, -0.2) is 44.7 Å². The molecule has 0 amide bonds. The molecular weight excluding hydrogens is 338 g/mol. The fraction of sp³-hybridized carbons (Fsp3) is 0.400. The number of hydrogen-bond donors (Lipinski definition) is 1. The molecule has 2 aromatic rings. The summed E-state index contributed by atoms with van der Waals surface area (Å²) in [6, 6.07) is 15.7. The van der Waals surface area contributed by atoms with E-state index in [4.69, 9.17) is 9.47 Å². The number of ether oxygens (including phenoxy) is 2. The van der Waals surface area contributed by atoms with Crippen LogP contribution in [0.3, 0.4) is 0 Å². The van der Waals surface area contributed by atoms with E-state index in [0.29, 0.717) is 5.75 Å². The third-order valence-corrected chi connectivity index (χ3v) is 4.54. The Morgan fingerprint density at radius 2 is 1.92 bits per heavy atom. The zero-order valence-electron chi connectivity index (χ0n) is 14.8. The largest absolute Gasteiger partial charge is 0.496 e. The van der Waals surface area contributed by atoms with E-state index in [1.807, 2.05) is 30.3 Å². The van der Waals surface area contributed by atoms with Gasteiger partial charge in [-0.25, -0.2) is 8.78 Å². The first kappa shape index (κ1) is 18.6. The molecule has 1 atom stereocenters. The normalized spacial score (nSPS) is 18.1. The first-order valence-electron chi connectivity index (χ1n) is 8.75. The summed E-state index contributed by atoms with van der Waals surface area (Å²) in [6.45, 7) is 2.91. The quantitative estimate of drug-likeness (QED) is 0.818. The van der Waals surface area contributed by atoms with Crippen molar-refractivity contribution >= 4 is 0 Å². The minimum atomic E-state index is -2.46. The van der Waals surface area contributed by atoms with E-state index in [1.54, 1.807) is 19.2 Å². The van der Waals surface area contributed by atoms with Crippen LogP contribution in [0.15, 0.2) is 48.5 Å². The van der Waals surface area contributed by atoms with Crippen molar-refractivity contribution in [3.8, 4) is 11.5 Å². The molecule has 6 heteroatoms. The number of piperazine rings is 1. The van der Waals surface area contributed by atoms with Gasteiger partial charge in [-0.2, -0.15) is 0 Å². The predicted molar refractivity (Wildman–Crippen MR) is 97.0 cm³/mol. The molecule has 1 unspecified atom stereocenters. The van der Waals surface area contributed by atoms with Gasteiger partial charge in [-0.1, -0.05) is 30.3 Å². The van der Waals surface area contributed by atoms with Crippen molar-refractivity contribution in [2.45, 2.75) is 19.0 Å². The topological polar surface area (TPSA) is 33.7 Å². The Morgan fingerprint density at radius 3 is 2.65 bits per heavy atom. The lowest BCUT2D eigenvalue weighted by molar-refractivity contribution is 0.0819. The summed E-state index contributed by atoms with van der Waals surface area (Å²) < 4.78 is 35.0. The zero-order chi connectivity index (χ0) is 18.4. The van der Waals surface area contributed by atoms with Crippen molar-refractivity contribution in [1.82, 2.24) is 10.2 Å². The van der Waals surface area contributed by atoms with Crippen LogP contribution >= 0.6 is 0 Å². The van der Waals surface area contributed by atoms with Crippen LogP contribution in [0.25, 0.3) is 0 Å². The van der Waals surface area contributed by atoms with Gasteiger partial charge in [0.25, 0.3) is 6.43 Å². The molecule has 1 saturated heterocycles. The molecule has 0 aliphatic carbocycles. The van der Waals surface area contributed by atoms with E-state index < -0.39 is 13.0 Å². The highest BCUT2D eigenvalue weighted by atomic mass is 19.3. The predicted octanol–water partition coefficient (Wildman–Crippen LogP) is 3.49. The summed E-state index contributed by atoms with van der Waals surface area (Å²) in [5, 5.41) is 3.45. The molecular formula is C20H24F2N2O2. The Labute approximate surface area is 152 Å². The maximum absolute atomic E-state index is 12.2. The van der Waals surface area contributed by atoms with Gasteiger partial charge in [0.2, 0.25) is 0 Å². The molecule has 0 saturated carbocycles. The lowest BCUT2D eigenvalue weighted by atomic mass is 10.0. The van der Waals surface area contributed by atoms with Gasteiger partial charge >= 0.3 is 0 Å². The lowest BCUT2D eigenvalue weighted by Gasteiger charge is -2.37. The van der Waals surface area contributed by atoms with E-state index in [0.717, 1.165) is 37.5 Å².